The van der Waals surface area contributed by atoms with Crippen LogP contribution in [0.3, 0.4) is 0 Å². The Hall–Kier alpha value is -2.39. The number of carbonyl (C=O) groups excluding carboxylic acids is 1. The molecule has 5 nitrogen and oxygen atoms in total. The first-order valence-corrected chi connectivity index (χ1v) is 7.90. The van der Waals surface area contributed by atoms with Crippen LogP contribution in [0.25, 0.3) is 0 Å². The third-order valence-electron chi connectivity index (χ3n) is 3.14. The molecular weight excluding hydrogens is 391 g/mol. The number of halogens is 4. The molecule has 0 aliphatic rings. The maximum Gasteiger partial charge on any atom is 0.416 e. The van der Waals surface area contributed by atoms with Crippen molar-refractivity contribution < 1.29 is 22.7 Å². The molecule has 138 valence electrons. The predicted octanol–water partition coefficient (Wildman–Crippen LogP) is 4.20. The molecule has 1 aromatic heterocycles. The summed E-state index contributed by atoms with van der Waals surface area (Å²) in [4.78, 5) is 16.1. The summed E-state index contributed by atoms with van der Waals surface area (Å²) < 4.78 is 43.6. The first kappa shape index (κ1) is 19.9. The van der Waals surface area contributed by atoms with E-state index in [0.29, 0.717) is 5.69 Å². The molecule has 0 unspecified atom stereocenters. The maximum atomic E-state index is 12.9. The third kappa shape index (κ3) is 5.30. The van der Waals surface area contributed by atoms with Crippen molar-refractivity contribution in [3.63, 3.8) is 0 Å². The van der Waals surface area contributed by atoms with Crippen LogP contribution in [0.4, 0.5) is 18.9 Å². The molecule has 26 heavy (non-hydrogen) atoms. The lowest BCUT2D eigenvalue weighted by molar-refractivity contribution is -0.137. The van der Waals surface area contributed by atoms with Gasteiger partial charge in [-0.1, -0.05) is 11.6 Å². The number of anilines is 1. The van der Waals surface area contributed by atoms with E-state index in [4.69, 9.17) is 28.6 Å². The molecular formula is C16H13ClF3N3O2S. The first-order chi connectivity index (χ1) is 12.1. The van der Waals surface area contributed by atoms with Gasteiger partial charge < -0.3 is 10.1 Å². The number of ether oxygens (including phenoxy) is 1. The zero-order valence-electron chi connectivity index (χ0n) is 13.6. The number of rotatable bonds is 3. The largest absolute Gasteiger partial charge is 0.497 e. The van der Waals surface area contributed by atoms with Crippen molar-refractivity contribution in [2.24, 2.45) is 0 Å². The summed E-state index contributed by atoms with van der Waals surface area (Å²) >= 11 is 10.8. The minimum Gasteiger partial charge on any atom is -0.497 e. The molecule has 2 N–H and O–H groups in total. The van der Waals surface area contributed by atoms with Gasteiger partial charge in [-0.15, -0.1) is 0 Å². The molecule has 0 aliphatic heterocycles. The Labute approximate surface area is 157 Å². The lowest BCUT2D eigenvalue weighted by Crippen LogP contribution is -2.34. The standard InChI is InChI=1S/C16H13ClF3N3O2S/c1-8-3-9(4-13(17)21-8)14(24)23-15(26)22-11-5-10(16(18,19)20)6-12(7-11)25-2/h3-7H,1-2H3,(H2,22,23,24,26). The van der Waals surface area contributed by atoms with Crippen molar-refractivity contribution in [3.8, 4) is 5.75 Å². The SMILES string of the molecule is COc1cc(NC(=S)NC(=O)c2cc(C)nc(Cl)c2)cc(C(F)(F)F)c1. The quantitative estimate of drug-likeness (QED) is 0.594. The van der Waals surface area contributed by atoms with Crippen LogP contribution in [0.5, 0.6) is 5.75 Å². The van der Waals surface area contributed by atoms with Crippen molar-refractivity contribution in [3.05, 3.63) is 52.3 Å². The van der Waals surface area contributed by atoms with Crippen molar-refractivity contribution in [2.75, 3.05) is 12.4 Å². The lowest BCUT2D eigenvalue weighted by Gasteiger charge is -2.14. The number of thiocarbonyl (C=S) groups is 1. The minimum absolute atomic E-state index is 0.00649. The Morgan fingerprint density at radius 3 is 2.50 bits per heavy atom. The van der Waals surface area contributed by atoms with Crippen molar-refractivity contribution >= 4 is 40.5 Å². The van der Waals surface area contributed by atoms with Gasteiger partial charge in [-0.2, -0.15) is 13.2 Å². The molecule has 0 saturated heterocycles. The molecule has 1 aromatic carbocycles. The second-order valence-corrected chi connectivity index (χ2v) is 5.97. The van der Waals surface area contributed by atoms with Crippen molar-refractivity contribution in [2.45, 2.75) is 13.1 Å². The van der Waals surface area contributed by atoms with Crippen molar-refractivity contribution in [1.29, 1.82) is 0 Å². The van der Waals surface area contributed by atoms with E-state index >= 15 is 0 Å². The van der Waals surface area contributed by atoms with E-state index in [1.165, 1.54) is 25.3 Å². The molecule has 0 atom stereocenters. The zero-order chi connectivity index (χ0) is 19.5. The molecule has 0 spiro atoms. The van der Waals surface area contributed by atoms with Gasteiger partial charge in [0.1, 0.15) is 10.9 Å². The molecule has 0 bridgehead atoms. The van der Waals surface area contributed by atoms with Crippen LogP contribution >= 0.6 is 23.8 Å². The Balaban J connectivity index is 2.15. The highest BCUT2D eigenvalue weighted by atomic mass is 35.5. The Morgan fingerprint density at radius 1 is 1.23 bits per heavy atom. The number of methoxy groups -OCH3 is 1. The lowest BCUT2D eigenvalue weighted by atomic mass is 10.2. The summed E-state index contributed by atoms with van der Waals surface area (Å²) in [5.41, 5.74) is -0.145. The third-order valence-corrected chi connectivity index (χ3v) is 3.54. The summed E-state index contributed by atoms with van der Waals surface area (Å²) in [6.07, 6.45) is -4.55. The van der Waals surface area contributed by atoms with Crippen molar-refractivity contribution in [1.82, 2.24) is 10.3 Å². The van der Waals surface area contributed by atoms with Crippen LogP contribution in [0, 0.1) is 6.92 Å². The van der Waals surface area contributed by atoms with Crippen LogP contribution < -0.4 is 15.4 Å². The smallest absolute Gasteiger partial charge is 0.416 e. The molecule has 0 fully saturated rings. The highest BCUT2D eigenvalue weighted by Gasteiger charge is 2.31. The van der Waals surface area contributed by atoms with Crippen LogP contribution in [-0.4, -0.2) is 23.1 Å². The molecule has 0 aliphatic carbocycles. The number of aromatic nitrogens is 1. The number of pyridine rings is 1. The number of carbonyl (C=O) groups is 1. The fraction of sp³-hybridized carbons (Fsp3) is 0.188. The van der Waals surface area contributed by atoms with E-state index in [1.807, 2.05) is 0 Å². The van der Waals surface area contributed by atoms with Crippen LogP contribution in [0.2, 0.25) is 5.15 Å². The fourth-order valence-corrected chi connectivity index (χ4v) is 2.51. The summed E-state index contributed by atoms with van der Waals surface area (Å²) in [6, 6.07) is 5.88. The number of hydrogen-bond donors (Lipinski definition) is 2. The zero-order valence-corrected chi connectivity index (χ0v) is 15.1. The number of hydrogen-bond acceptors (Lipinski definition) is 4. The fourth-order valence-electron chi connectivity index (χ4n) is 2.05. The van der Waals surface area contributed by atoms with Crippen LogP contribution in [0.1, 0.15) is 21.6 Å². The van der Waals surface area contributed by atoms with Gasteiger partial charge in [-0.25, -0.2) is 4.98 Å². The number of aryl methyl sites for hydroxylation is 1. The molecule has 0 saturated carbocycles. The first-order valence-electron chi connectivity index (χ1n) is 7.11. The minimum atomic E-state index is -4.55. The van der Waals surface area contributed by atoms with Gasteiger partial charge in [-0.05, 0) is 43.4 Å². The molecule has 2 rings (SSSR count). The number of benzene rings is 1. The summed E-state index contributed by atoms with van der Waals surface area (Å²) in [5, 5.41) is 4.85. The van der Waals surface area contributed by atoms with Gasteiger partial charge in [0.15, 0.2) is 5.11 Å². The van der Waals surface area contributed by atoms with Crippen LogP contribution in [0.15, 0.2) is 30.3 Å². The van der Waals surface area contributed by atoms with E-state index in [2.05, 4.69) is 15.6 Å². The monoisotopic (exact) mass is 403 g/mol. The van der Waals surface area contributed by atoms with E-state index in [1.54, 1.807) is 6.92 Å². The van der Waals surface area contributed by atoms with Crippen LogP contribution in [-0.2, 0) is 6.18 Å². The van der Waals surface area contributed by atoms with Gasteiger partial charge in [0.2, 0.25) is 0 Å². The Bertz CT molecular complexity index is 839. The molecule has 0 radical (unpaired) electrons. The second-order valence-electron chi connectivity index (χ2n) is 5.18. The Kier molecular flexibility index (Phi) is 6.04. The normalized spacial score (nSPS) is 11.0. The van der Waals surface area contributed by atoms with E-state index in [0.717, 1.165) is 12.1 Å². The topological polar surface area (TPSA) is 63.2 Å². The molecule has 2 aromatic rings. The predicted molar refractivity (Wildman–Crippen MR) is 95.7 cm³/mol. The highest BCUT2D eigenvalue weighted by molar-refractivity contribution is 7.80. The summed E-state index contributed by atoms with van der Waals surface area (Å²) in [7, 11) is 1.24. The van der Waals surface area contributed by atoms with E-state index in [9.17, 15) is 18.0 Å². The average molecular weight is 404 g/mol. The highest BCUT2D eigenvalue weighted by Crippen LogP contribution is 2.34. The second kappa shape index (κ2) is 7.88. The molecule has 1 amide bonds. The number of nitrogens with zero attached hydrogens (tertiary/aromatic N) is 1. The Morgan fingerprint density at radius 2 is 1.92 bits per heavy atom. The van der Waals surface area contributed by atoms with E-state index < -0.39 is 17.6 Å². The number of nitrogens with one attached hydrogen (secondary N) is 2. The summed E-state index contributed by atoms with van der Waals surface area (Å²) in [6.45, 7) is 1.66. The van der Waals surface area contributed by atoms with Gasteiger partial charge in [-0.3, -0.25) is 10.1 Å². The molecule has 10 heteroatoms. The average Bonchev–Trinajstić information content (AvgIpc) is 2.52. The number of amides is 1. The van der Waals surface area contributed by atoms with E-state index in [-0.39, 0.29) is 27.3 Å². The van der Waals surface area contributed by atoms with Gasteiger partial charge in [0.05, 0.1) is 12.7 Å². The summed E-state index contributed by atoms with van der Waals surface area (Å²) in [5.74, 6) is -0.582. The maximum absolute atomic E-state index is 12.9. The van der Waals surface area contributed by atoms with Gasteiger partial charge >= 0.3 is 6.18 Å². The van der Waals surface area contributed by atoms with Gasteiger partial charge in [0.25, 0.3) is 5.91 Å². The number of alkyl halides is 3. The molecule has 1 heterocycles. The van der Waals surface area contributed by atoms with Gasteiger partial charge in [0, 0.05) is 23.0 Å².